The fourth-order valence-corrected chi connectivity index (χ4v) is 5.25. The Morgan fingerprint density at radius 2 is 1.50 bits per heavy atom. The average Bonchev–Trinajstić information content (AvgIpc) is 2.55. The molecule has 2 aromatic carbocycles. The van der Waals surface area contributed by atoms with E-state index in [0.29, 0.717) is 16.1 Å². The van der Waals surface area contributed by atoms with Crippen LogP contribution in [0.4, 0.5) is 0 Å². The Morgan fingerprint density at radius 3 is 2.15 bits per heavy atom. The largest absolute Gasteiger partial charge is 0.228 e. The first kappa shape index (κ1) is 21.2. The molecule has 0 atom stereocenters. The molecule has 0 unspecified atom stereocenters. The highest BCUT2D eigenvalue weighted by Crippen LogP contribution is 2.23. The van der Waals surface area contributed by atoms with Gasteiger partial charge in [0, 0.05) is 6.54 Å². The molecule has 0 bridgehead atoms. The maximum atomic E-state index is 12.1. The van der Waals surface area contributed by atoms with Gasteiger partial charge in [-0.25, -0.2) is 21.6 Å². The topological polar surface area (TPSA) is 80.3 Å². The molecule has 0 saturated carbocycles. The number of sulfonamides is 1. The van der Waals surface area contributed by atoms with Gasteiger partial charge in [0.25, 0.3) is 0 Å². The molecule has 0 heterocycles. The van der Waals surface area contributed by atoms with Crippen molar-refractivity contribution in [2.45, 2.75) is 17.9 Å². The van der Waals surface area contributed by atoms with Gasteiger partial charge in [-0.3, -0.25) is 0 Å². The molecule has 0 saturated heterocycles. The standard InChI is InChI=1S/C17H19Cl2NO4S2/c18-16-8-7-15(11-17(16)19)13-26(23,24)20-9-4-10-25(21,22)12-14-5-2-1-3-6-14/h1-3,5-8,11,20H,4,9-10,12-13H2. The Bertz CT molecular complexity index is 946. The van der Waals surface area contributed by atoms with Crippen molar-refractivity contribution in [3.05, 3.63) is 69.7 Å². The van der Waals surface area contributed by atoms with Gasteiger partial charge in [-0.05, 0) is 29.7 Å². The molecule has 0 amide bonds. The second-order valence-corrected chi connectivity index (χ2v) is 10.6. The van der Waals surface area contributed by atoms with Crippen molar-refractivity contribution in [2.75, 3.05) is 12.3 Å². The van der Waals surface area contributed by atoms with Crippen LogP contribution in [0.15, 0.2) is 48.5 Å². The van der Waals surface area contributed by atoms with Crippen LogP contribution in [0.2, 0.25) is 10.0 Å². The molecule has 0 aliphatic heterocycles. The smallest absolute Gasteiger partial charge is 0.215 e. The summed E-state index contributed by atoms with van der Waals surface area (Å²) in [5.41, 5.74) is 1.22. The van der Waals surface area contributed by atoms with Gasteiger partial charge in [0.2, 0.25) is 10.0 Å². The van der Waals surface area contributed by atoms with E-state index in [1.807, 2.05) is 6.07 Å². The van der Waals surface area contributed by atoms with Crippen LogP contribution in [0.25, 0.3) is 0 Å². The van der Waals surface area contributed by atoms with E-state index >= 15 is 0 Å². The highest BCUT2D eigenvalue weighted by molar-refractivity contribution is 7.90. The first-order chi connectivity index (χ1) is 12.2. The monoisotopic (exact) mass is 435 g/mol. The van der Waals surface area contributed by atoms with Crippen molar-refractivity contribution in [3.63, 3.8) is 0 Å². The highest BCUT2D eigenvalue weighted by atomic mass is 35.5. The van der Waals surface area contributed by atoms with Crippen LogP contribution >= 0.6 is 23.2 Å². The minimum atomic E-state index is -3.59. The number of sulfone groups is 1. The van der Waals surface area contributed by atoms with Gasteiger partial charge in [-0.1, -0.05) is 59.6 Å². The predicted molar refractivity (Wildman–Crippen MR) is 106 cm³/mol. The SMILES string of the molecule is O=S(=O)(CCCNS(=O)(=O)Cc1ccc(Cl)c(Cl)c1)Cc1ccccc1. The highest BCUT2D eigenvalue weighted by Gasteiger charge is 2.15. The van der Waals surface area contributed by atoms with E-state index in [0.717, 1.165) is 0 Å². The van der Waals surface area contributed by atoms with Gasteiger partial charge in [-0.15, -0.1) is 0 Å². The molecular weight excluding hydrogens is 417 g/mol. The van der Waals surface area contributed by atoms with Crippen LogP contribution in [-0.2, 0) is 31.4 Å². The third-order valence-electron chi connectivity index (χ3n) is 3.52. The molecule has 1 N–H and O–H groups in total. The van der Waals surface area contributed by atoms with Gasteiger partial charge < -0.3 is 0 Å². The maximum Gasteiger partial charge on any atom is 0.215 e. The van der Waals surface area contributed by atoms with Crippen LogP contribution in [-0.4, -0.2) is 29.1 Å². The quantitative estimate of drug-likeness (QED) is 0.611. The Labute approximate surface area is 164 Å². The molecule has 2 rings (SSSR count). The molecule has 142 valence electrons. The molecule has 5 nitrogen and oxygen atoms in total. The third kappa shape index (κ3) is 7.25. The van der Waals surface area contributed by atoms with Gasteiger partial charge >= 0.3 is 0 Å². The lowest BCUT2D eigenvalue weighted by Gasteiger charge is -2.08. The second kappa shape index (κ2) is 9.19. The normalized spacial score (nSPS) is 12.2. The molecule has 0 aromatic heterocycles. The zero-order valence-electron chi connectivity index (χ0n) is 13.9. The van der Waals surface area contributed by atoms with Gasteiger partial charge in [0.15, 0.2) is 9.84 Å². The maximum absolute atomic E-state index is 12.1. The van der Waals surface area contributed by atoms with Gasteiger partial charge in [-0.2, -0.15) is 0 Å². The van der Waals surface area contributed by atoms with Crippen molar-refractivity contribution in [2.24, 2.45) is 0 Å². The fraction of sp³-hybridized carbons (Fsp3) is 0.294. The summed E-state index contributed by atoms with van der Waals surface area (Å²) >= 11 is 11.7. The van der Waals surface area contributed by atoms with E-state index in [2.05, 4.69) is 4.72 Å². The van der Waals surface area contributed by atoms with Crippen LogP contribution in [0.5, 0.6) is 0 Å². The Morgan fingerprint density at radius 1 is 0.808 bits per heavy atom. The Kier molecular flexibility index (Phi) is 7.49. The van der Waals surface area contributed by atoms with Gasteiger partial charge in [0.05, 0.1) is 27.3 Å². The zero-order valence-corrected chi connectivity index (χ0v) is 17.0. The Balaban J connectivity index is 1.81. The predicted octanol–water partition coefficient (Wildman–Crippen LogP) is 3.42. The summed E-state index contributed by atoms with van der Waals surface area (Å²) in [4.78, 5) is 0. The minimum absolute atomic E-state index is 0.0517. The molecule has 2 aromatic rings. The van der Waals surface area contributed by atoms with Crippen molar-refractivity contribution >= 4 is 43.1 Å². The average molecular weight is 436 g/mol. The summed E-state index contributed by atoms with van der Waals surface area (Å²) in [5.74, 6) is -0.387. The molecule has 0 aliphatic carbocycles. The van der Waals surface area contributed by atoms with Crippen molar-refractivity contribution in [1.82, 2.24) is 4.72 Å². The lowest BCUT2D eigenvalue weighted by atomic mass is 10.2. The molecule has 26 heavy (non-hydrogen) atoms. The van der Waals surface area contributed by atoms with Gasteiger partial charge in [0.1, 0.15) is 0 Å². The first-order valence-electron chi connectivity index (χ1n) is 7.82. The zero-order chi connectivity index (χ0) is 19.2. The van der Waals surface area contributed by atoms with E-state index < -0.39 is 19.9 Å². The van der Waals surface area contributed by atoms with E-state index in [1.54, 1.807) is 30.3 Å². The van der Waals surface area contributed by atoms with Crippen molar-refractivity contribution in [1.29, 1.82) is 0 Å². The van der Waals surface area contributed by atoms with Crippen LogP contribution in [0, 0.1) is 0 Å². The summed E-state index contributed by atoms with van der Waals surface area (Å²) in [5, 5.41) is 0.635. The number of benzene rings is 2. The lowest BCUT2D eigenvalue weighted by Crippen LogP contribution is -2.27. The Hall–Kier alpha value is -1.12. The minimum Gasteiger partial charge on any atom is -0.228 e. The third-order valence-corrected chi connectivity index (χ3v) is 7.30. The summed E-state index contributed by atoms with van der Waals surface area (Å²) in [6.45, 7) is 0.0532. The summed E-state index contributed by atoms with van der Waals surface area (Å²) < 4.78 is 50.7. The van der Waals surface area contributed by atoms with E-state index in [9.17, 15) is 16.8 Å². The molecule has 0 fully saturated rings. The summed E-state index contributed by atoms with van der Waals surface area (Å²) in [6.07, 6.45) is 0.204. The fourth-order valence-electron chi connectivity index (χ4n) is 2.32. The molecular formula is C17H19Cl2NO4S2. The molecule has 0 radical (unpaired) electrons. The van der Waals surface area contributed by atoms with Crippen molar-refractivity contribution < 1.29 is 16.8 Å². The van der Waals surface area contributed by atoms with E-state index in [1.165, 1.54) is 12.1 Å². The number of rotatable bonds is 9. The number of hydrogen-bond donors (Lipinski definition) is 1. The molecule has 0 spiro atoms. The second-order valence-electron chi connectivity index (χ2n) is 5.83. The van der Waals surface area contributed by atoms with Crippen LogP contribution < -0.4 is 4.72 Å². The van der Waals surface area contributed by atoms with Crippen molar-refractivity contribution in [3.8, 4) is 0 Å². The summed E-state index contributed by atoms with van der Waals surface area (Å²) in [7, 11) is -6.88. The molecule has 9 heteroatoms. The van der Waals surface area contributed by atoms with E-state index in [-0.39, 0.29) is 35.2 Å². The first-order valence-corrected chi connectivity index (χ1v) is 12.1. The van der Waals surface area contributed by atoms with E-state index in [4.69, 9.17) is 23.2 Å². The number of hydrogen-bond acceptors (Lipinski definition) is 4. The molecule has 0 aliphatic rings. The number of nitrogens with one attached hydrogen (secondary N) is 1. The van der Waals surface area contributed by atoms with Crippen LogP contribution in [0.3, 0.4) is 0 Å². The lowest BCUT2D eigenvalue weighted by molar-refractivity contribution is 0.575. The summed E-state index contributed by atoms with van der Waals surface area (Å²) in [6, 6.07) is 13.5. The number of halogens is 2. The van der Waals surface area contributed by atoms with Crippen LogP contribution in [0.1, 0.15) is 17.5 Å².